The van der Waals surface area contributed by atoms with Gasteiger partial charge < -0.3 is 18.9 Å². The van der Waals surface area contributed by atoms with Crippen LogP contribution in [0.5, 0.6) is 11.5 Å². The molecule has 226 valence electrons. The lowest BCUT2D eigenvalue weighted by molar-refractivity contribution is -0.156. The average molecular weight is 701 g/mol. The van der Waals surface area contributed by atoms with Crippen molar-refractivity contribution in [1.29, 1.82) is 0 Å². The molecule has 0 saturated heterocycles. The van der Waals surface area contributed by atoms with Gasteiger partial charge in [-0.3, -0.25) is 0 Å². The molecular weight excluding hydrogens is 677 g/mol. The van der Waals surface area contributed by atoms with Gasteiger partial charge in [-0.25, -0.2) is 19.2 Å². The van der Waals surface area contributed by atoms with Crippen molar-refractivity contribution >= 4 is 93.5 Å². The van der Waals surface area contributed by atoms with Crippen LogP contribution in [0.3, 0.4) is 0 Å². The first-order chi connectivity index (χ1) is 19.8. The van der Waals surface area contributed by atoms with Gasteiger partial charge in [0.25, 0.3) is 0 Å². The van der Waals surface area contributed by atoms with Gasteiger partial charge in [-0.15, -0.1) is 0 Å². The van der Waals surface area contributed by atoms with E-state index in [9.17, 15) is 19.2 Å². The fourth-order valence-electron chi connectivity index (χ4n) is 4.47. The molecule has 2 fully saturated rings. The van der Waals surface area contributed by atoms with E-state index in [0.717, 1.165) is 37.8 Å². The van der Waals surface area contributed by atoms with Crippen molar-refractivity contribution in [2.75, 3.05) is 13.2 Å². The molecule has 42 heavy (non-hydrogen) atoms. The van der Waals surface area contributed by atoms with E-state index in [2.05, 4.69) is 0 Å². The van der Waals surface area contributed by atoms with Crippen LogP contribution in [0, 0.1) is 23.7 Å². The van der Waals surface area contributed by atoms with E-state index in [1.807, 2.05) is 13.8 Å². The van der Waals surface area contributed by atoms with Crippen LogP contribution in [-0.2, 0) is 19.1 Å². The van der Waals surface area contributed by atoms with E-state index in [0.29, 0.717) is 11.8 Å². The minimum atomic E-state index is -1.64. The maximum absolute atomic E-state index is 12.9. The molecule has 0 spiro atoms. The molecule has 0 heterocycles. The van der Waals surface area contributed by atoms with Crippen molar-refractivity contribution in [2.24, 2.45) is 23.7 Å². The van der Waals surface area contributed by atoms with Crippen LogP contribution in [0.25, 0.3) is 0 Å². The summed E-state index contributed by atoms with van der Waals surface area (Å²) in [5, 5.41) is -1.46. The van der Waals surface area contributed by atoms with E-state index in [-0.39, 0.29) is 55.2 Å². The van der Waals surface area contributed by atoms with Crippen LogP contribution in [0.15, 0.2) is 12.1 Å². The van der Waals surface area contributed by atoms with E-state index in [4.69, 9.17) is 88.6 Å². The van der Waals surface area contributed by atoms with Gasteiger partial charge in [-0.2, -0.15) is 0 Å². The van der Waals surface area contributed by atoms with E-state index >= 15 is 0 Å². The lowest BCUT2D eigenvalue weighted by Crippen LogP contribution is -2.30. The first kappa shape index (κ1) is 33.0. The van der Waals surface area contributed by atoms with E-state index in [1.54, 1.807) is 0 Å². The van der Waals surface area contributed by atoms with Gasteiger partial charge in [-0.05, 0) is 61.5 Å². The third-order valence-corrected chi connectivity index (χ3v) is 9.81. The van der Waals surface area contributed by atoms with E-state index < -0.39 is 46.5 Å². The highest BCUT2D eigenvalue weighted by atomic mass is 35.5. The largest absolute Gasteiger partial charge is 0.462 e. The van der Waals surface area contributed by atoms with Crippen molar-refractivity contribution in [3.8, 4) is 11.5 Å². The number of benzene rings is 2. The summed E-state index contributed by atoms with van der Waals surface area (Å²) in [5.41, 5.74) is -0.909. The number of ether oxygens (including phenoxy) is 4. The maximum Gasteiger partial charge on any atom is 0.423 e. The molecule has 0 bridgehead atoms. The standard InChI is InChI=1S/C28H24Cl6O8/c1-11-3-5-13(11)9-39-25(35)19-21(33)15(29)7-17(31)23(19)41-27(37)28(38)42-24-18(32)8-16(30)22(34)20(24)26(36)40-10-14-6-4-12(14)2/h7-8,11-14H,3-6,9-10H2,1-2H3. The SMILES string of the molecule is CC1CCC1COC(=O)c1c(Cl)c(Cl)cc(Cl)c1OC(=O)C(=O)Oc1c(Cl)cc(Cl)c(Cl)c1C(=O)OCC1CCC1C. The number of esters is 4. The second-order valence-electron chi connectivity index (χ2n) is 10.3. The topological polar surface area (TPSA) is 105 Å². The molecule has 4 rings (SSSR count). The molecule has 2 aromatic rings. The molecule has 4 atom stereocenters. The summed E-state index contributed by atoms with van der Waals surface area (Å²) < 4.78 is 21.0. The minimum absolute atomic E-state index is 0.101. The third-order valence-electron chi connectivity index (χ3n) is 7.67. The van der Waals surface area contributed by atoms with E-state index in [1.165, 1.54) is 0 Å². The number of rotatable bonds is 8. The Morgan fingerprint density at radius 1 is 0.619 bits per heavy atom. The van der Waals surface area contributed by atoms with Crippen LogP contribution in [0.4, 0.5) is 0 Å². The van der Waals surface area contributed by atoms with Gasteiger partial charge in [0.1, 0.15) is 11.1 Å². The highest BCUT2D eigenvalue weighted by molar-refractivity contribution is 6.47. The van der Waals surface area contributed by atoms with Crippen LogP contribution >= 0.6 is 69.6 Å². The molecule has 0 N–H and O–H groups in total. The molecule has 2 aliphatic carbocycles. The summed E-state index contributed by atoms with van der Waals surface area (Å²) in [7, 11) is 0. The Labute approximate surface area is 271 Å². The van der Waals surface area contributed by atoms with Crippen molar-refractivity contribution in [3.63, 3.8) is 0 Å². The predicted octanol–water partition coefficient (Wildman–Crippen LogP) is 8.52. The van der Waals surface area contributed by atoms with Gasteiger partial charge in [-0.1, -0.05) is 83.5 Å². The van der Waals surface area contributed by atoms with Crippen molar-refractivity contribution in [3.05, 3.63) is 53.4 Å². The molecule has 14 heteroatoms. The molecule has 8 nitrogen and oxygen atoms in total. The average Bonchev–Trinajstić information content (AvgIpc) is 2.92. The van der Waals surface area contributed by atoms with Crippen molar-refractivity contribution in [1.82, 2.24) is 0 Å². The molecule has 2 aromatic carbocycles. The first-order valence-electron chi connectivity index (χ1n) is 12.9. The molecule has 0 radical (unpaired) electrons. The molecule has 0 aromatic heterocycles. The number of halogens is 6. The van der Waals surface area contributed by atoms with Gasteiger partial charge in [0, 0.05) is 0 Å². The smallest absolute Gasteiger partial charge is 0.423 e. The van der Waals surface area contributed by atoms with Crippen LogP contribution in [0.2, 0.25) is 30.1 Å². The number of hydrogen-bond acceptors (Lipinski definition) is 8. The highest BCUT2D eigenvalue weighted by Gasteiger charge is 2.34. The first-order valence-corrected chi connectivity index (χ1v) is 15.2. The lowest BCUT2D eigenvalue weighted by atomic mass is 9.75. The summed E-state index contributed by atoms with van der Waals surface area (Å²) in [4.78, 5) is 51.6. The number of hydrogen-bond donors (Lipinski definition) is 0. The Bertz CT molecular complexity index is 1340. The Hall–Kier alpha value is -1.94. The van der Waals surface area contributed by atoms with Gasteiger partial charge in [0.05, 0.1) is 43.3 Å². The zero-order valence-electron chi connectivity index (χ0n) is 22.2. The molecule has 0 amide bonds. The normalized spacial score (nSPS) is 21.0. The number of carbonyl (C=O) groups excluding carboxylic acids is 4. The summed E-state index contributed by atoms with van der Waals surface area (Å²) in [6.45, 7) is 4.27. The highest BCUT2D eigenvalue weighted by Crippen LogP contribution is 2.42. The summed E-state index contributed by atoms with van der Waals surface area (Å²) >= 11 is 37.1. The quantitative estimate of drug-likeness (QED) is 0.117. The van der Waals surface area contributed by atoms with Crippen LogP contribution in [0.1, 0.15) is 60.2 Å². The van der Waals surface area contributed by atoms with Gasteiger partial charge >= 0.3 is 23.9 Å². The maximum atomic E-state index is 12.9. The second-order valence-corrected chi connectivity index (χ2v) is 12.7. The third kappa shape index (κ3) is 7.06. The minimum Gasteiger partial charge on any atom is -0.462 e. The predicted molar refractivity (Wildman–Crippen MR) is 159 cm³/mol. The molecule has 2 saturated carbocycles. The fraction of sp³-hybridized carbons (Fsp3) is 0.429. The Morgan fingerprint density at radius 2 is 0.976 bits per heavy atom. The summed E-state index contributed by atoms with van der Waals surface area (Å²) in [5.74, 6) is -5.27. The summed E-state index contributed by atoms with van der Waals surface area (Å²) in [6, 6.07) is 2.24. The van der Waals surface area contributed by atoms with Gasteiger partial charge in [0.15, 0.2) is 11.5 Å². The zero-order chi connectivity index (χ0) is 30.9. The molecular formula is C28H24Cl6O8. The molecule has 0 aliphatic heterocycles. The molecule has 4 unspecified atom stereocenters. The van der Waals surface area contributed by atoms with Gasteiger partial charge in [0.2, 0.25) is 0 Å². The number of carbonyl (C=O) groups is 4. The second kappa shape index (κ2) is 13.8. The Morgan fingerprint density at radius 3 is 1.26 bits per heavy atom. The fourth-order valence-corrected chi connectivity index (χ4v) is 5.90. The molecule has 2 aliphatic rings. The lowest BCUT2D eigenvalue weighted by Gasteiger charge is -2.33. The van der Waals surface area contributed by atoms with Crippen LogP contribution in [-0.4, -0.2) is 37.1 Å². The monoisotopic (exact) mass is 698 g/mol. The summed E-state index contributed by atoms with van der Waals surface area (Å²) in [6.07, 6.45) is 3.80. The van der Waals surface area contributed by atoms with Crippen molar-refractivity contribution in [2.45, 2.75) is 39.5 Å². The zero-order valence-corrected chi connectivity index (χ0v) is 26.8. The van der Waals surface area contributed by atoms with Crippen LogP contribution < -0.4 is 9.47 Å². The Kier molecular flexibility index (Phi) is 10.8. The van der Waals surface area contributed by atoms with Crippen molar-refractivity contribution < 1.29 is 38.1 Å². The Balaban J connectivity index is 1.55.